The van der Waals surface area contributed by atoms with Gasteiger partial charge in [0.05, 0.1) is 0 Å². The van der Waals surface area contributed by atoms with Gasteiger partial charge in [0, 0.05) is 5.33 Å². The van der Waals surface area contributed by atoms with Gasteiger partial charge in [0.2, 0.25) is 0 Å². The van der Waals surface area contributed by atoms with Gasteiger partial charge in [0.1, 0.15) is 5.16 Å². The third kappa shape index (κ3) is 3.62. The van der Waals surface area contributed by atoms with E-state index >= 15 is 0 Å². The van der Waals surface area contributed by atoms with Crippen molar-refractivity contribution in [2.75, 3.05) is 5.33 Å². The SMILES string of the molecule is CCC(CC)(c1ccc(C=CCBr)cc1)P(=O)(OF)OF. The van der Waals surface area contributed by atoms with Gasteiger partial charge in [-0.05, 0) is 33.0 Å². The maximum absolute atomic E-state index is 12.7. The monoisotopic (exact) mass is 382 g/mol. The Kier molecular flexibility index (Phi) is 7.21. The molecular weight excluding hydrogens is 365 g/mol. The Hall–Kier alpha value is -0.550. The minimum Gasteiger partial charge on any atom is -0.254 e. The first kappa shape index (κ1) is 18.5. The Balaban J connectivity index is 3.29. The zero-order valence-corrected chi connectivity index (χ0v) is 14.4. The summed E-state index contributed by atoms with van der Waals surface area (Å²) >= 11 is 3.28. The van der Waals surface area contributed by atoms with Gasteiger partial charge >= 0.3 is 7.60 Å². The van der Waals surface area contributed by atoms with Crippen LogP contribution in [0.15, 0.2) is 30.3 Å². The minimum absolute atomic E-state index is 0.213. The van der Waals surface area contributed by atoms with Crippen molar-refractivity contribution in [3.05, 3.63) is 41.5 Å². The van der Waals surface area contributed by atoms with Crippen LogP contribution in [0.3, 0.4) is 0 Å². The second-order valence-electron chi connectivity index (χ2n) is 4.55. The molecule has 0 spiro atoms. The first-order valence-electron chi connectivity index (χ1n) is 6.57. The highest BCUT2D eigenvalue weighted by molar-refractivity contribution is 9.09. The first-order chi connectivity index (χ1) is 10.0. The van der Waals surface area contributed by atoms with E-state index in [0.29, 0.717) is 5.56 Å². The fraction of sp³-hybridized carbons (Fsp3) is 0.429. The lowest BCUT2D eigenvalue weighted by atomic mass is 9.92. The summed E-state index contributed by atoms with van der Waals surface area (Å²) in [6.45, 7) is 3.37. The van der Waals surface area contributed by atoms with Gasteiger partial charge in [0.25, 0.3) is 0 Å². The normalized spacial score (nSPS) is 13.0. The lowest BCUT2D eigenvalue weighted by Gasteiger charge is -2.33. The van der Waals surface area contributed by atoms with Crippen LogP contribution < -0.4 is 0 Å². The van der Waals surface area contributed by atoms with E-state index in [-0.39, 0.29) is 12.8 Å². The highest BCUT2D eigenvalue weighted by Crippen LogP contribution is 2.68. The molecule has 0 unspecified atom stereocenters. The Morgan fingerprint density at radius 3 is 2.10 bits per heavy atom. The van der Waals surface area contributed by atoms with Crippen LogP contribution in [0, 0.1) is 0 Å². The molecule has 21 heavy (non-hydrogen) atoms. The molecule has 0 saturated carbocycles. The van der Waals surface area contributed by atoms with Gasteiger partial charge in [-0.3, -0.25) is 4.57 Å². The summed E-state index contributed by atoms with van der Waals surface area (Å²) in [5.41, 5.74) is 1.44. The molecule has 0 aromatic heterocycles. The summed E-state index contributed by atoms with van der Waals surface area (Å²) < 4.78 is 44.5. The van der Waals surface area contributed by atoms with Crippen LogP contribution in [-0.4, -0.2) is 5.33 Å². The van der Waals surface area contributed by atoms with Crippen LogP contribution >= 0.6 is 23.5 Å². The molecule has 1 aromatic rings. The van der Waals surface area contributed by atoms with Crippen LogP contribution in [0.2, 0.25) is 0 Å². The summed E-state index contributed by atoms with van der Waals surface area (Å²) in [6, 6.07) is 6.95. The predicted molar refractivity (Wildman–Crippen MR) is 83.5 cm³/mol. The van der Waals surface area contributed by atoms with E-state index in [1.165, 1.54) is 0 Å². The van der Waals surface area contributed by atoms with Crippen LogP contribution in [0.25, 0.3) is 6.08 Å². The molecular formula is C14H18BrF2O3P. The van der Waals surface area contributed by atoms with E-state index < -0.39 is 12.8 Å². The first-order valence-corrected chi connectivity index (χ1v) is 9.23. The fourth-order valence-electron chi connectivity index (χ4n) is 2.43. The van der Waals surface area contributed by atoms with E-state index in [4.69, 9.17) is 0 Å². The molecule has 3 nitrogen and oxygen atoms in total. The van der Waals surface area contributed by atoms with Crippen molar-refractivity contribution < 1.29 is 23.1 Å². The largest absolute Gasteiger partial charge is 0.404 e. The summed E-state index contributed by atoms with van der Waals surface area (Å²) in [6.07, 6.45) is 4.24. The lowest BCUT2D eigenvalue weighted by molar-refractivity contribution is -0.0961. The van der Waals surface area contributed by atoms with Gasteiger partial charge in [-0.25, -0.2) is 0 Å². The molecule has 118 valence electrons. The molecule has 0 aliphatic rings. The van der Waals surface area contributed by atoms with E-state index in [1.807, 2.05) is 12.2 Å². The Bertz CT molecular complexity index is 507. The van der Waals surface area contributed by atoms with Crippen LogP contribution in [-0.2, 0) is 19.2 Å². The van der Waals surface area contributed by atoms with Crippen molar-refractivity contribution in [1.29, 1.82) is 0 Å². The third-order valence-electron chi connectivity index (χ3n) is 3.72. The van der Waals surface area contributed by atoms with Crippen LogP contribution in [0.1, 0.15) is 37.8 Å². The number of hydrogen-bond donors (Lipinski definition) is 0. The average Bonchev–Trinajstić information content (AvgIpc) is 2.55. The third-order valence-corrected chi connectivity index (χ3v) is 6.40. The number of alkyl halides is 1. The van der Waals surface area contributed by atoms with E-state index in [2.05, 4.69) is 25.4 Å². The molecule has 0 N–H and O–H groups in total. The number of allylic oxidation sites excluding steroid dienone is 1. The zero-order valence-electron chi connectivity index (χ0n) is 11.9. The second kappa shape index (κ2) is 8.18. The summed E-state index contributed by atoms with van der Waals surface area (Å²) in [5.74, 6) is 0. The summed E-state index contributed by atoms with van der Waals surface area (Å²) in [4.78, 5) is 0. The summed E-state index contributed by atoms with van der Waals surface area (Å²) in [7, 11) is -4.54. The predicted octanol–water partition coefficient (Wildman–Crippen LogP) is 6.11. The van der Waals surface area contributed by atoms with Crippen molar-refractivity contribution in [1.82, 2.24) is 0 Å². The van der Waals surface area contributed by atoms with Gasteiger partial charge in [-0.1, -0.05) is 66.2 Å². The van der Waals surface area contributed by atoms with Gasteiger partial charge in [0.15, 0.2) is 0 Å². The van der Waals surface area contributed by atoms with Gasteiger partial charge < -0.3 is 0 Å². The molecule has 0 atom stereocenters. The fourth-order valence-corrected chi connectivity index (χ4v) is 4.14. The smallest absolute Gasteiger partial charge is 0.254 e. The van der Waals surface area contributed by atoms with Gasteiger partial charge in [-0.2, -0.15) is 0 Å². The standard InChI is InChI=1S/C14H18BrF2O3P/c1-3-14(4-2,21(18,19-16)20-17)13-9-7-12(8-10-13)6-5-11-15/h5-10H,3-4,11H2,1-2H3. The zero-order chi connectivity index (χ0) is 15.9. The van der Waals surface area contributed by atoms with E-state index in [1.54, 1.807) is 38.1 Å². The maximum atomic E-state index is 12.7. The molecule has 1 rings (SSSR count). The molecule has 0 radical (unpaired) electrons. The van der Waals surface area contributed by atoms with Crippen molar-refractivity contribution >= 4 is 29.6 Å². The molecule has 0 amide bonds. The summed E-state index contributed by atoms with van der Waals surface area (Å²) in [5, 5.41) is -0.628. The van der Waals surface area contributed by atoms with Crippen molar-refractivity contribution in [2.45, 2.75) is 31.8 Å². The maximum Gasteiger partial charge on any atom is 0.404 e. The number of halogens is 3. The Labute approximate surface area is 131 Å². The molecule has 0 aliphatic heterocycles. The average molecular weight is 383 g/mol. The molecule has 0 bridgehead atoms. The van der Waals surface area contributed by atoms with E-state index in [0.717, 1.165) is 10.9 Å². The topological polar surface area (TPSA) is 35.5 Å². The highest BCUT2D eigenvalue weighted by Gasteiger charge is 2.52. The van der Waals surface area contributed by atoms with Crippen molar-refractivity contribution in [3.8, 4) is 0 Å². The van der Waals surface area contributed by atoms with Crippen molar-refractivity contribution in [2.24, 2.45) is 0 Å². The molecule has 1 aromatic carbocycles. The molecule has 0 aliphatic carbocycles. The van der Waals surface area contributed by atoms with Crippen LogP contribution in [0.4, 0.5) is 9.05 Å². The van der Waals surface area contributed by atoms with E-state index in [9.17, 15) is 13.6 Å². The number of rotatable bonds is 8. The van der Waals surface area contributed by atoms with Gasteiger partial charge in [-0.15, -0.1) is 9.46 Å². The lowest BCUT2D eigenvalue weighted by Crippen LogP contribution is -2.25. The quantitative estimate of drug-likeness (QED) is 0.402. The molecule has 0 fully saturated rings. The molecule has 0 heterocycles. The van der Waals surface area contributed by atoms with Crippen LogP contribution in [0.5, 0.6) is 0 Å². The molecule has 7 heteroatoms. The Morgan fingerprint density at radius 2 is 1.71 bits per heavy atom. The highest BCUT2D eigenvalue weighted by atomic mass is 79.9. The van der Waals surface area contributed by atoms with Crippen molar-refractivity contribution in [3.63, 3.8) is 0 Å². The molecule has 0 saturated heterocycles. The minimum atomic E-state index is -4.54. The second-order valence-corrected chi connectivity index (χ2v) is 7.33. The number of hydrogen-bond acceptors (Lipinski definition) is 3. The number of benzene rings is 1. The Morgan fingerprint density at radius 1 is 1.19 bits per heavy atom.